The molecule has 0 radical (unpaired) electrons. The second kappa shape index (κ2) is 10.3. The van der Waals surface area contributed by atoms with Crippen LogP contribution in [0.1, 0.15) is 26.3 Å². The number of hydrogen-bond acceptors (Lipinski definition) is 7. The molecular formula is C29H20FN5O3. The van der Waals surface area contributed by atoms with Crippen LogP contribution in [0.25, 0.3) is 22.2 Å². The molecule has 8 nitrogen and oxygen atoms in total. The van der Waals surface area contributed by atoms with Crippen molar-refractivity contribution in [3.63, 3.8) is 0 Å². The van der Waals surface area contributed by atoms with E-state index in [1.54, 1.807) is 73.1 Å². The Morgan fingerprint density at radius 2 is 1.87 bits per heavy atom. The normalized spacial score (nSPS) is 10.7. The molecule has 0 aliphatic carbocycles. The van der Waals surface area contributed by atoms with Crippen molar-refractivity contribution in [2.45, 2.75) is 6.42 Å². The molecule has 1 N–H and O–H groups in total. The number of ether oxygens (including phenoxy) is 1. The van der Waals surface area contributed by atoms with Gasteiger partial charge in [-0.15, -0.1) is 0 Å². The van der Waals surface area contributed by atoms with E-state index in [-0.39, 0.29) is 23.5 Å². The number of nitrogens with zero attached hydrogens (tertiary/aromatic N) is 4. The maximum Gasteiger partial charge on any atom is 0.337 e. The van der Waals surface area contributed by atoms with Crippen molar-refractivity contribution >= 4 is 34.4 Å². The van der Waals surface area contributed by atoms with E-state index in [0.717, 1.165) is 0 Å². The van der Waals surface area contributed by atoms with Crippen molar-refractivity contribution in [1.29, 1.82) is 5.26 Å². The molecule has 0 aliphatic heterocycles. The Morgan fingerprint density at radius 1 is 1.08 bits per heavy atom. The van der Waals surface area contributed by atoms with Gasteiger partial charge in [0.05, 0.1) is 35.9 Å². The lowest BCUT2D eigenvalue weighted by Gasteiger charge is -2.10. The van der Waals surface area contributed by atoms with Crippen LogP contribution in [0.4, 0.5) is 16.0 Å². The van der Waals surface area contributed by atoms with Gasteiger partial charge in [0, 0.05) is 29.0 Å². The molecule has 0 spiro atoms. The largest absolute Gasteiger partial charge is 0.465 e. The van der Waals surface area contributed by atoms with Crippen molar-refractivity contribution in [3.05, 3.63) is 108 Å². The summed E-state index contributed by atoms with van der Waals surface area (Å²) in [5.74, 6) is -0.903. The van der Waals surface area contributed by atoms with Gasteiger partial charge in [-0.05, 0) is 60.2 Å². The fourth-order valence-electron chi connectivity index (χ4n) is 4.13. The number of fused-ring (bicyclic) bond motifs is 1. The number of carbonyl (C=O) groups excluding carboxylic acids is 2. The van der Waals surface area contributed by atoms with Crippen LogP contribution in [0, 0.1) is 17.1 Å². The van der Waals surface area contributed by atoms with Gasteiger partial charge in [-0.1, -0.05) is 18.2 Å². The molecule has 0 saturated heterocycles. The maximum absolute atomic E-state index is 14.1. The Balaban J connectivity index is 1.43. The number of benzene rings is 3. The molecule has 3 aromatic carbocycles. The number of esters is 1. The van der Waals surface area contributed by atoms with Gasteiger partial charge in [-0.2, -0.15) is 5.26 Å². The SMILES string of the molecule is COC(=O)c1ccc(Nc2nccc(-c3cc(C#N)c4c(ccn4C(=O)Cc4ccccc4F)c3)n2)cc1. The van der Waals surface area contributed by atoms with Crippen LogP contribution in [0.3, 0.4) is 0 Å². The topological polar surface area (TPSA) is 110 Å². The van der Waals surface area contributed by atoms with Gasteiger partial charge in [0.1, 0.15) is 11.9 Å². The highest BCUT2D eigenvalue weighted by Gasteiger charge is 2.17. The second-order valence-electron chi connectivity index (χ2n) is 8.38. The monoisotopic (exact) mass is 505 g/mol. The molecule has 0 unspecified atom stereocenters. The fourth-order valence-corrected chi connectivity index (χ4v) is 4.13. The Hall–Kier alpha value is -5.36. The lowest BCUT2D eigenvalue weighted by atomic mass is 10.0. The summed E-state index contributed by atoms with van der Waals surface area (Å²) in [4.78, 5) is 33.4. The third kappa shape index (κ3) is 4.83. The first-order valence-electron chi connectivity index (χ1n) is 11.6. The first-order valence-corrected chi connectivity index (χ1v) is 11.6. The van der Waals surface area contributed by atoms with Crippen LogP contribution in [-0.4, -0.2) is 33.5 Å². The van der Waals surface area contributed by atoms with E-state index in [4.69, 9.17) is 4.74 Å². The summed E-state index contributed by atoms with van der Waals surface area (Å²) < 4.78 is 20.2. The average Bonchev–Trinajstić information content (AvgIpc) is 3.38. The predicted octanol–water partition coefficient (Wildman–Crippen LogP) is 5.52. The minimum atomic E-state index is -0.451. The summed E-state index contributed by atoms with van der Waals surface area (Å²) >= 11 is 0. The van der Waals surface area contributed by atoms with E-state index in [1.165, 1.54) is 17.7 Å². The van der Waals surface area contributed by atoms with Crippen molar-refractivity contribution < 1.29 is 18.7 Å². The summed E-state index contributed by atoms with van der Waals surface area (Å²) in [6.45, 7) is 0. The molecule has 2 heterocycles. The summed E-state index contributed by atoms with van der Waals surface area (Å²) in [6.07, 6.45) is 3.04. The number of aromatic nitrogens is 3. The number of anilines is 2. The molecule has 5 rings (SSSR count). The summed E-state index contributed by atoms with van der Waals surface area (Å²) in [6, 6.07) is 21.9. The van der Waals surface area contributed by atoms with Gasteiger partial charge in [-0.3, -0.25) is 9.36 Å². The van der Waals surface area contributed by atoms with Crippen LogP contribution in [0.2, 0.25) is 0 Å². The van der Waals surface area contributed by atoms with Gasteiger partial charge < -0.3 is 10.1 Å². The molecule has 0 aliphatic rings. The number of nitrogens with one attached hydrogen (secondary N) is 1. The summed E-state index contributed by atoms with van der Waals surface area (Å²) in [7, 11) is 1.32. The molecule has 38 heavy (non-hydrogen) atoms. The molecule has 5 aromatic rings. The Bertz CT molecular complexity index is 1720. The Morgan fingerprint density at radius 3 is 2.61 bits per heavy atom. The van der Waals surface area contributed by atoms with Crippen LogP contribution >= 0.6 is 0 Å². The van der Waals surface area contributed by atoms with Gasteiger partial charge in [0.25, 0.3) is 0 Å². The van der Waals surface area contributed by atoms with E-state index in [9.17, 15) is 19.2 Å². The number of halogens is 1. The summed E-state index contributed by atoms with van der Waals surface area (Å²) in [5, 5.41) is 13.6. The van der Waals surface area contributed by atoms with E-state index in [1.807, 2.05) is 6.07 Å². The number of rotatable bonds is 6. The average molecular weight is 506 g/mol. The number of hydrogen-bond donors (Lipinski definition) is 1. The first-order chi connectivity index (χ1) is 18.5. The molecule has 0 bridgehead atoms. The Kier molecular flexibility index (Phi) is 6.61. The van der Waals surface area contributed by atoms with Crippen molar-refractivity contribution in [2.75, 3.05) is 12.4 Å². The van der Waals surface area contributed by atoms with Gasteiger partial charge in [0.2, 0.25) is 11.9 Å². The third-order valence-electron chi connectivity index (χ3n) is 5.99. The zero-order valence-electron chi connectivity index (χ0n) is 20.2. The number of methoxy groups -OCH3 is 1. The third-order valence-corrected chi connectivity index (χ3v) is 5.99. The summed E-state index contributed by atoms with van der Waals surface area (Å²) in [5.41, 5.74) is 3.36. The maximum atomic E-state index is 14.1. The van der Waals surface area contributed by atoms with Gasteiger partial charge in [-0.25, -0.2) is 19.2 Å². The quantitative estimate of drug-likeness (QED) is 0.303. The molecule has 9 heteroatoms. The van der Waals surface area contributed by atoms with Crippen molar-refractivity contribution in [2.24, 2.45) is 0 Å². The molecule has 0 atom stereocenters. The minimum absolute atomic E-state index is 0.134. The van der Waals surface area contributed by atoms with Gasteiger partial charge in [0.15, 0.2) is 0 Å². The molecule has 2 aromatic heterocycles. The lowest BCUT2D eigenvalue weighted by Crippen LogP contribution is -2.13. The fraction of sp³-hybridized carbons (Fsp3) is 0.0690. The minimum Gasteiger partial charge on any atom is -0.465 e. The van der Waals surface area contributed by atoms with Crippen LogP contribution in [0.15, 0.2) is 85.2 Å². The molecule has 186 valence electrons. The predicted molar refractivity (Wildman–Crippen MR) is 139 cm³/mol. The molecule has 0 fully saturated rings. The van der Waals surface area contributed by atoms with E-state index >= 15 is 0 Å². The van der Waals surface area contributed by atoms with E-state index < -0.39 is 11.8 Å². The first kappa shape index (κ1) is 24.3. The van der Waals surface area contributed by atoms with Crippen molar-refractivity contribution in [3.8, 4) is 17.3 Å². The Labute approximate surface area is 217 Å². The standard InChI is InChI=1S/C29H20FN5O3/c1-38-28(37)18-6-8-23(9-7-18)33-29-32-12-10-25(34-29)21-14-20-11-13-35(27(20)22(15-21)17-31)26(36)16-19-4-2-3-5-24(19)30/h2-15H,16H2,1H3,(H,32,33,34). The smallest absolute Gasteiger partial charge is 0.337 e. The van der Waals surface area contributed by atoms with Crippen molar-refractivity contribution in [1.82, 2.24) is 14.5 Å². The van der Waals surface area contributed by atoms with E-state index in [0.29, 0.717) is 39.4 Å². The zero-order chi connectivity index (χ0) is 26.6. The molecule has 0 amide bonds. The van der Waals surface area contributed by atoms with E-state index in [2.05, 4.69) is 21.4 Å². The van der Waals surface area contributed by atoms with Crippen LogP contribution in [0.5, 0.6) is 0 Å². The molecular weight excluding hydrogens is 485 g/mol. The number of nitriles is 1. The second-order valence-corrected chi connectivity index (χ2v) is 8.38. The highest BCUT2D eigenvalue weighted by Crippen LogP contribution is 2.29. The molecule has 0 saturated carbocycles. The zero-order valence-corrected chi connectivity index (χ0v) is 20.2. The lowest BCUT2D eigenvalue weighted by molar-refractivity contribution is 0.0600. The highest BCUT2D eigenvalue weighted by atomic mass is 19.1. The number of carbonyl (C=O) groups is 2. The highest BCUT2D eigenvalue weighted by molar-refractivity contribution is 5.98. The van der Waals surface area contributed by atoms with Crippen LogP contribution in [-0.2, 0) is 11.2 Å². The van der Waals surface area contributed by atoms with Gasteiger partial charge >= 0.3 is 5.97 Å². The van der Waals surface area contributed by atoms with Crippen LogP contribution < -0.4 is 5.32 Å².